The van der Waals surface area contributed by atoms with Crippen LogP contribution in [0.3, 0.4) is 0 Å². The van der Waals surface area contributed by atoms with Crippen LogP contribution in [0.2, 0.25) is 5.02 Å². The first-order valence-electron chi connectivity index (χ1n) is 31.3. The Morgan fingerprint density at radius 2 is 1.54 bits per heavy atom. The van der Waals surface area contributed by atoms with Crippen molar-refractivity contribution in [3.63, 3.8) is 0 Å². The second-order valence-corrected chi connectivity index (χ2v) is 27.2. The number of carbonyl (C=O) groups excluding carboxylic acids is 4. The van der Waals surface area contributed by atoms with Crippen molar-refractivity contribution >= 4 is 83.8 Å². The number of piperazine rings is 2. The number of piperidine rings is 1. The summed E-state index contributed by atoms with van der Waals surface area (Å²) in [5.41, 5.74) is -1.44. The molecule has 446 valence electrons. The number of halogens is 4. The van der Waals surface area contributed by atoms with E-state index in [1.807, 2.05) is 16.9 Å². The van der Waals surface area contributed by atoms with E-state index in [-0.39, 0.29) is 53.3 Å². The maximum absolute atomic E-state index is 14.7. The highest BCUT2D eigenvalue weighted by Crippen LogP contribution is 2.43. The lowest BCUT2D eigenvalue weighted by Gasteiger charge is -2.39. The number of hydrogen-bond acceptors (Lipinski definition) is 14. The number of nitrogens with one attached hydrogen (secondary N) is 3. The Hall–Kier alpha value is -6.27. The lowest BCUT2D eigenvalue weighted by molar-refractivity contribution is -0.136. The molecule has 5 aromatic rings. The molecule has 84 heavy (non-hydrogen) atoms. The van der Waals surface area contributed by atoms with Gasteiger partial charge in [-0.1, -0.05) is 73.5 Å². The molecule has 0 radical (unpaired) electrons. The molecule has 4 amide bonds. The van der Waals surface area contributed by atoms with Crippen LogP contribution in [0, 0.1) is 5.41 Å². The van der Waals surface area contributed by atoms with Gasteiger partial charge in [-0.2, -0.15) is 13.2 Å². The minimum absolute atomic E-state index is 0.00462. The zero-order valence-corrected chi connectivity index (χ0v) is 49.2. The van der Waals surface area contributed by atoms with Crippen molar-refractivity contribution in [2.45, 2.75) is 97.7 Å². The number of benzene rings is 5. The molecule has 3 fully saturated rings. The third-order valence-corrected chi connectivity index (χ3v) is 19.8. The van der Waals surface area contributed by atoms with E-state index in [4.69, 9.17) is 22.6 Å². The van der Waals surface area contributed by atoms with Gasteiger partial charge in [0.05, 0.1) is 10.6 Å². The van der Waals surface area contributed by atoms with Crippen LogP contribution in [-0.4, -0.2) is 149 Å². The van der Waals surface area contributed by atoms with Crippen LogP contribution in [0.25, 0.3) is 5.57 Å². The molecule has 3 saturated heterocycles. The van der Waals surface area contributed by atoms with Crippen molar-refractivity contribution in [2.75, 3.05) is 81.2 Å². The molecule has 2 atom stereocenters. The van der Waals surface area contributed by atoms with Gasteiger partial charge in [-0.15, -0.1) is 11.8 Å². The average Bonchev–Trinajstić information content (AvgIpc) is 0.765. The van der Waals surface area contributed by atoms with Crippen molar-refractivity contribution in [3.8, 4) is 0 Å². The summed E-state index contributed by atoms with van der Waals surface area (Å²) in [6.45, 7) is -7.05. The smallest absolute Gasteiger partial charge is 0.380 e. The van der Waals surface area contributed by atoms with Crippen molar-refractivity contribution in [1.29, 1.82) is 0 Å². The zero-order chi connectivity index (χ0) is 66.7. The van der Waals surface area contributed by atoms with Crippen LogP contribution in [0.15, 0.2) is 136 Å². The van der Waals surface area contributed by atoms with Gasteiger partial charge >= 0.3 is 5.51 Å². The van der Waals surface area contributed by atoms with Gasteiger partial charge in [0, 0.05) is 134 Å². The molecule has 5 aliphatic rings. The van der Waals surface area contributed by atoms with Crippen molar-refractivity contribution in [3.05, 3.63) is 154 Å². The van der Waals surface area contributed by atoms with E-state index in [0.29, 0.717) is 38.4 Å². The van der Waals surface area contributed by atoms with Gasteiger partial charge in [-0.3, -0.25) is 34.3 Å². The van der Waals surface area contributed by atoms with E-state index < -0.39 is 122 Å². The number of sulfone groups is 1. The van der Waals surface area contributed by atoms with Crippen molar-refractivity contribution in [1.82, 2.24) is 29.6 Å². The fourth-order valence-corrected chi connectivity index (χ4v) is 14.2. The number of imide groups is 1. The molecule has 1 aliphatic carbocycles. The van der Waals surface area contributed by atoms with Gasteiger partial charge in [0.15, 0.2) is 0 Å². The lowest BCUT2D eigenvalue weighted by atomic mass is 9.73. The standard InChI is InChI=1S/C61H68ClF3N8O8S3/c1-60(2)24-22-51(42-9-13-46(62)14-10-42)45(36-60)38-71-30-32-72(33-31-71)48-15-11-43(12-16-48)57(75)68-84(80,81)50-17-19-53(55(35-50)83(78,79)61(63,64)65)66-47(40-82-49-6-4-3-5-7-49)23-25-69-26-28-70(29-27-69)37-41-8-18-52-44(34-41)39-73(59(52)77)54-20-21-56(74)67-58(54)76/h3-19,34-35,47,54,66H,20-33,36-40H2,1-2H3,(H,68,75)(H,67,74,76)/t47-,54?/m1/s1/i26D2,27D2,28D2,29D2. The van der Waals surface area contributed by atoms with E-state index >= 15 is 0 Å². The number of carbonyl (C=O) groups is 4. The first kappa shape index (κ1) is 51.0. The number of hydrogen-bond donors (Lipinski definition) is 3. The summed E-state index contributed by atoms with van der Waals surface area (Å²) in [6, 6.07) is 26.1. The number of thioether (sulfide) groups is 1. The molecule has 0 aromatic heterocycles. The van der Waals surface area contributed by atoms with E-state index in [1.54, 1.807) is 42.5 Å². The maximum atomic E-state index is 14.7. The number of fused-ring (bicyclic) bond motifs is 1. The van der Waals surface area contributed by atoms with Crippen LogP contribution < -0.4 is 20.3 Å². The van der Waals surface area contributed by atoms with Crippen LogP contribution in [-0.2, 0) is 42.5 Å². The Kier molecular flexibility index (Phi) is 15.4. The third kappa shape index (κ3) is 14.3. The summed E-state index contributed by atoms with van der Waals surface area (Å²) < 4.78 is 174. The topological polar surface area (TPSA) is 189 Å². The predicted molar refractivity (Wildman–Crippen MR) is 319 cm³/mol. The van der Waals surface area contributed by atoms with Gasteiger partial charge < -0.3 is 20.0 Å². The van der Waals surface area contributed by atoms with Gasteiger partial charge in [0.25, 0.3) is 31.7 Å². The molecule has 3 N–H and O–H groups in total. The van der Waals surface area contributed by atoms with Crippen LogP contribution >= 0.6 is 23.4 Å². The average molecular weight is 1240 g/mol. The summed E-state index contributed by atoms with van der Waals surface area (Å²) in [6.07, 6.45) is 2.54. The van der Waals surface area contributed by atoms with E-state index in [2.05, 4.69) is 46.4 Å². The fourth-order valence-electron chi connectivity index (χ4n) is 11.0. The zero-order valence-electron chi connectivity index (χ0n) is 54.0. The van der Waals surface area contributed by atoms with Gasteiger partial charge in [-0.05, 0) is 133 Å². The molecule has 1 unspecified atom stereocenters. The molecule has 10 rings (SSSR count). The SMILES string of the molecule is [2H]C1([2H])N(CC[C@H](CSc2ccccc2)Nc2ccc(S(=O)(=O)NC(=O)c3ccc(N4CCN(CC5=C(c6ccc(Cl)cc6)CCC(C)(C)C5)CC4)cc3)cc2S(=O)(=O)C(F)(F)F)C([2H])([2H])C([2H])([2H])N(Cc2ccc3c(c2)CN(C2CCC(=O)NC2=O)C3=O)C1([2H])[2H]. The van der Waals surface area contributed by atoms with Crippen LogP contribution in [0.1, 0.15) is 101 Å². The maximum Gasteiger partial charge on any atom is 0.501 e. The summed E-state index contributed by atoms with van der Waals surface area (Å²) in [5.74, 6) is -3.01. The quantitative estimate of drug-likeness (QED) is 0.0525. The Balaban J connectivity index is 0.839. The predicted octanol–water partition coefficient (Wildman–Crippen LogP) is 9.08. The summed E-state index contributed by atoms with van der Waals surface area (Å²) in [5, 5.41) is 5.59. The Morgan fingerprint density at radius 3 is 2.23 bits per heavy atom. The Labute approximate surface area is 509 Å². The number of alkyl halides is 3. The molecule has 4 aliphatic heterocycles. The second-order valence-electron chi connectivity index (χ2n) is 22.1. The number of anilines is 2. The molecule has 0 bridgehead atoms. The lowest BCUT2D eigenvalue weighted by Crippen LogP contribution is -2.52. The monoisotopic (exact) mass is 1240 g/mol. The number of rotatable bonds is 19. The largest absolute Gasteiger partial charge is 0.501 e. The number of amides is 4. The fraction of sp³-hybridized carbons (Fsp3) is 0.410. The number of sulfonamides is 1. The molecule has 23 heteroatoms. The molecule has 16 nitrogen and oxygen atoms in total. The summed E-state index contributed by atoms with van der Waals surface area (Å²) in [4.78, 5) is 55.9. The van der Waals surface area contributed by atoms with E-state index in [9.17, 15) is 49.2 Å². The molecular weight excluding hydrogens is 1160 g/mol. The third-order valence-electron chi connectivity index (χ3n) is 15.6. The highest BCUT2D eigenvalue weighted by atomic mass is 35.5. The minimum atomic E-state index is -6.43. The summed E-state index contributed by atoms with van der Waals surface area (Å²) in [7, 11) is -11.5. The summed E-state index contributed by atoms with van der Waals surface area (Å²) >= 11 is 7.30. The first-order chi connectivity index (χ1) is 43.0. The highest BCUT2D eigenvalue weighted by Gasteiger charge is 2.49. The molecule has 5 aromatic carbocycles. The minimum Gasteiger partial charge on any atom is -0.380 e. The number of allylic oxidation sites excluding steroid dienone is 1. The van der Waals surface area contributed by atoms with E-state index in [1.165, 1.54) is 51.9 Å². The molecule has 4 heterocycles. The van der Waals surface area contributed by atoms with Crippen molar-refractivity contribution in [2.24, 2.45) is 5.41 Å². The van der Waals surface area contributed by atoms with Gasteiger partial charge in [0.1, 0.15) is 10.9 Å². The first-order valence-corrected chi connectivity index (χ1v) is 31.7. The Bertz CT molecular complexity index is 3920. The van der Waals surface area contributed by atoms with Gasteiger partial charge in [0.2, 0.25) is 11.8 Å². The molecular formula is C61H68ClF3N8O8S3. The highest BCUT2D eigenvalue weighted by molar-refractivity contribution is 7.99. The Morgan fingerprint density at radius 1 is 0.833 bits per heavy atom. The van der Waals surface area contributed by atoms with Crippen LogP contribution in [0.4, 0.5) is 24.5 Å². The normalized spacial score (nSPS) is 23.5. The second kappa shape index (κ2) is 25.4. The number of nitrogens with zero attached hydrogens (tertiary/aromatic N) is 5. The molecule has 0 spiro atoms. The van der Waals surface area contributed by atoms with Crippen LogP contribution in [0.5, 0.6) is 0 Å². The van der Waals surface area contributed by atoms with Gasteiger partial charge in [-0.25, -0.2) is 21.6 Å². The molecule has 0 saturated carbocycles. The van der Waals surface area contributed by atoms with E-state index in [0.717, 1.165) is 68.5 Å². The van der Waals surface area contributed by atoms with Crippen molar-refractivity contribution < 1.29 is 60.2 Å².